The maximum Gasteiger partial charge on any atom is 0.411 e. The Morgan fingerprint density at radius 2 is 1.81 bits per heavy atom. The number of benzene rings is 2. The number of nitrogens with one attached hydrogen (secondary N) is 2. The zero-order valence-corrected chi connectivity index (χ0v) is 15.0. The number of rotatable bonds is 7. The predicted molar refractivity (Wildman–Crippen MR) is 99.3 cm³/mol. The van der Waals surface area contributed by atoms with Gasteiger partial charge in [0.15, 0.2) is 0 Å². The summed E-state index contributed by atoms with van der Waals surface area (Å²) in [6.45, 7) is 0.386. The summed E-state index contributed by atoms with van der Waals surface area (Å²) in [6.07, 6.45) is -0.658. The number of nitro groups is 1. The number of amides is 2. The van der Waals surface area contributed by atoms with Crippen LogP contribution < -0.4 is 10.6 Å². The van der Waals surface area contributed by atoms with Gasteiger partial charge in [-0.2, -0.15) is 0 Å². The average molecular weight is 394 g/mol. The van der Waals surface area contributed by atoms with E-state index in [9.17, 15) is 19.7 Å². The van der Waals surface area contributed by atoms with Crippen molar-refractivity contribution >= 4 is 40.7 Å². The van der Waals surface area contributed by atoms with E-state index in [2.05, 4.69) is 10.6 Å². The quantitative estimate of drug-likeness (QED) is 0.420. The van der Waals surface area contributed by atoms with Crippen molar-refractivity contribution in [2.75, 3.05) is 31.0 Å². The number of carbonyl (C=O) groups is 2. The highest BCUT2D eigenvalue weighted by Gasteiger charge is 2.15. The molecule has 0 unspecified atom stereocenters. The van der Waals surface area contributed by atoms with Crippen LogP contribution in [0.2, 0.25) is 5.02 Å². The van der Waals surface area contributed by atoms with Gasteiger partial charge in [-0.25, -0.2) is 4.79 Å². The highest BCUT2D eigenvalue weighted by Crippen LogP contribution is 2.24. The van der Waals surface area contributed by atoms with E-state index in [0.29, 0.717) is 11.4 Å². The number of nitrogens with zero attached hydrogens (tertiary/aromatic N) is 1. The first-order valence-corrected chi connectivity index (χ1v) is 8.06. The van der Waals surface area contributed by atoms with Gasteiger partial charge in [-0.05, 0) is 24.3 Å². The monoisotopic (exact) mass is 393 g/mol. The van der Waals surface area contributed by atoms with Crippen LogP contribution in [0.25, 0.3) is 0 Å². The number of hydrogen-bond donors (Lipinski definition) is 2. The average Bonchev–Trinajstić information content (AvgIpc) is 2.62. The Balaban J connectivity index is 2.04. The van der Waals surface area contributed by atoms with Crippen LogP contribution in [0.3, 0.4) is 0 Å². The molecule has 0 aliphatic heterocycles. The van der Waals surface area contributed by atoms with Crippen LogP contribution in [-0.4, -0.2) is 37.2 Å². The Bertz CT molecular complexity index is 858. The van der Waals surface area contributed by atoms with Gasteiger partial charge in [0.2, 0.25) is 0 Å². The molecule has 0 aliphatic carbocycles. The van der Waals surface area contributed by atoms with E-state index < -0.39 is 16.9 Å². The zero-order chi connectivity index (χ0) is 19.8. The van der Waals surface area contributed by atoms with Gasteiger partial charge in [-0.15, -0.1) is 0 Å². The molecule has 0 atom stereocenters. The van der Waals surface area contributed by atoms with Gasteiger partial charge >= 0.3 is 6.09 Å². The van der Waals surface area contributed by atoms with Crippen molar-refractivity contribution in [3.8, 4) is 0 Å². The first kappa shape index (κ1) is 20.1. The number of nitro benzene ring substituents is 1. The first-order chi connectivity index (χ1) is 12.9. The van der Waals surface area contributed by atoms with Crippen LogP contribution in [0, 0.1) is 10.1 Å². The summed E-state index contributed by atoms with van der Waals surface area (Å²) in [5, 5.41) is 15.8. The minimum Gasteiger partial charge on any atom is -0.447 e. The maximum absolute atomic E-state index is 12.3. The standard InChI is InChI=1S/C17H16ClN3O6/c1-26-7-8-27-17(23)20-12-4-2-3-11(9-12)19-16(22)14-6-5-13(21(24)25)10-15(14)18/h2-6,9-10H,7-8H2,1H3,(H,19,22)(H,20,23). The lowest BCUT2D eigenvalue weighted by atomic mass is 10.2. The fourth-order valence-electron chi connectivity index (χ4n) is 2.05. The molecule has 142 valence electrons. The largest absolute Gasteiger partial charge is 0.447 e. The molecule has 0 heterocycles. The molecule has 0 fully saturated rings. The molecule has 2 N–H and O–H groups in total. The van der Waals surface area contributed by atoms with Crippen molar-refractivity contribution < 1.29 is 24.0 Å². The second-order valence-corrected chi connectivity index (χ2v) is 5.62. The molecule has 0 radical (unpaired) electrons. The third-order valence-electron chi connectivity index (χ3n) is 3.30. The smallest absolute Gasteiger partial charge is 0.411 e. The Hall–Kier alpha value is -3.17. The van der Waals surface area contributed by atoms with Gasteiger partial charge in [0, 0.05) is 30.6 Å². The van der Waals surface area contributed by atoms with Gasteiger partial charge in [0.05, 0.1) is 22.1 Å². The van der Waals surface area contributed by atoms with Crippen molar-refractivity contribution in [1.29, 1.82) is 0 Å². The minimum absolute atomic E-state index is 0.0438. The van der Waals surface area contributed by atoms with Gasteiger partial charge in [0.25, 0.3) is 11.6 Å². The summed E-state index contributed by atoms with van der Waals surface area (Å²) in [6, 6.07) is 9.93. The van der Waals surface area contributed by atoms with E-state index in [4.69, 9.17) is 21.1 Å². The van der Waals surface area contributed by atoms with Crippen molar-refractivity contribution in [3.63, 3.8) is 0 Å². The third-order valence-corrected chi connectivity index (χ3v) is 3.61. The zero-order valence-electron chi connectivity index (χ0n) is 14.2. The molecule has 2 amide bonds. The first-order valence-electron chi connectivity index (χ1n) is 7.69. The number of non-ortho nitro benzene ring substituents is 1. The molecular weight excluding hydrogens is 378 g/mol. The van der Waals surface area contributed by atoms with Crippen LogP contribution >= 0.6 is 11.6 Å². The molecular formula is C17H16ClN3O6. The van der Waals surface area contributed by atoms with E-state index >= 15 is 0 Å². The molecule has 0 spiro atoms. The summed E-state index contributed by atoms with van der Waals surface area (Å²) in [5.74, 6) is -0.547. The summed E-state index contributed by atoms with van der Waals surface area (Å²) in [5.41, 5.74) is 0.670. The maximum atomic E-state index is 12.3. The summed E-state index contributed by atoms with van der Waals surface area (Å²) < 4.78 is 9.66. The normalized spacial score (nSPS) is 10.1. The second-order valence-electron chi connectivity index (χ2n) is 5.21. The topological polar surface area (TPSA) is 120 Å². The predicted octanol–water partition coefficient (Wildman–Crippen LogP) is 3.70. The fraction of sp³-hybridized carbons (Fsp3) is 0.176. The highest BCUT2D eigenvalue weighted by molar-refractivity contribution is 6.34. The number of anilines is 2. The molecule has 0 bridgehead atoms. The van der Waals surface area contributed by atoms with Crippen molar-refractivity contribution in [2.45, 2.75) is 0 Å². The molecule has 2 rings (SSSR count). The molecule has 0 aliphatic rings. The Labute approximate surface area is 159 Å². The number of hydrogen-bond acceptors (Lipinski definition) is 6. The van der Waals surface area contributed by atoms with Crippen LogP contribution in [0.1, 0.15) is 10.4 Å². The van der Waals surface area contributed by atoms with E-state index in [-0.39, 0.29) is 29.5 Å². The van der Waals surface area contributed by atoms with E-state index in [0.717, 1.165) is 6.07 Å². The van der Waals surface area contributed by atoms with Gasteiger partial charge in [-0.3, -0.25) is 20.2 Å². The molecule has 0 aromatic heterocycles. The summed E-state index contributed by atoms with van der Waals surface area (Å²) in [4.78, 5) is 34.1. The molecule has 9 nitrogen and oxygen atoms in total. The Morgan fingerprint density at radius 1 is 1.11 bits per heavy atom. The lowest BCUT2D eigenvalue weighted by Gasteiger charge is -2.10. The van der Waals surface area contributed by atoms with Crippen molar-refractivity contribution in [3.05, 3.63) is 63.2 Å². The minimum atomic E-state index is -0.658. The number of ether oxygens (including phenoxy) is 2. The van der Waals surface area contributed by atoms with Gasteiger partial charge in [0.1, 0.15) is 6.61 Å². The molecule has 0 saturated heterocycles. The number of methoxy groups -OCH3 is 1. The molecule has 2 aromatic carbocycles. The van der Waals surface area contributed by atoms with Gasteiger partial charge < -0.3 is 14.8 Å². The lowest BCUT2D eigenvalue weighted by molar-refractivity contribution is -0.384. The van der Waals surface area contributed by atoms with Gasteiger partial charge in [-0.1, -0.05) is 17.7 Å². The molecule has 2 aromatic rings. The third kappa shape index (κ3) is 5.94. The Morgan fingerprint density at radius 3 is 2.44 bits per heavy atom. The van der Waals surface area contributed by atoms with Crippen LogP contribution in [0.15, 0.2) is 42.5 Å². The van der Waals surface area contributed by atoms with Crippen molar-refractivity contribution in [1.82, 2.24) is 0 Å². The lowest BCUT2D eigenvalue weighted by Crippen LogP contribution is -2.17. The number of halogens is 1. The van der Waals surface area contributed by atoms with E-state index in [1.54, 1.807) is 18.2 Å². The number of carbonyl (C=O) groups excluding carboxylic acids is 2. The van der Waals surface area contributed by atoms with Crippen LogP contribution in [0.5, 0.6) is 0 Å². The Kier molecular flexibility index (Phi) is 7.09. The van der Waals surface area contributed by atoms with E-state index in [1.807, 2.05) is 0 Å². The van der Waals surface area contributed by atoms with E-state index in [1.165, 1.54) is 25.3 Å². The fourth-order valence-corrected chi connectivity index (χ4v) is 2.31. The van der Waals surface area contributed by atoms with Crippen LogP contribution in [0.4, 0.5) is 21.9 Å². The van der Waals surface area contributed by atoms with Crippen LogP contribution in [-0.2, 0) is 9.47 Å². The molecule has 10 heteroatoms. The summed E-state index contributed by atoms with van der Waals surface area (Å²) in [7, 11) is 1.49. The second kappa shape index (κ2) is 9.51. The highest BCUT2D eigenvalue weighted by atomic mass is 35.5. The SMILES string of the molecule is COCCOC(=O)Nc1cccc(NC(=O)c2ccc([N+](=O)[O-])cc2Cl)c1. The van der Waals surface area contributed by atoms with Crippen molar-refractivity contribution in [2.24, 2.45) is 0 Å². The molecule has 0 saturated carbocycles. The molecule has 27 heavy (non-hydrogen) atoms. The summed E-state index contributed by atoms with van der Waals surface area (Å²) >= 11 is 5.95.